The summed E-state index contributed by atoms with van der Waals surface area (Å²) in [5.41, 5.74) is 4.71. The van der Waals surface area contributed by atoms with Gasteiger partial charge in [0.05, 0.1) is 24.6 Å². The van der Waals surface area contributed by atoms with Gasteiger partial charge in [-0.3, -0.25) is 0 Å². The van der Waals surface area contributed by atoms with Crippen LogP contribution in [0.1, 0.15) is 46.6 Å². The SMILES string of the molecule is [B]/C(C)=C(\C(=C)C)c1cc(N2CCOCC2C)nc(=C(C)\C=C\C=C\CC)/c1=C(/P)C=C. The Morgan fingerprint density at radius 3 is 2.62 bits per heavy atom. The molecule has 2 heterocycles. The fourth-order valence-corrected chi connectivity index (χ4v) is 4.19. The second-order valence-electron chi connectivity index (χ2n) is 8.25. The Morgan fingerprint density at radius 2 is 2.06 bits per heavy atom. The number of morpholine rings is 1. The highest BCUT2D eigenvalue weighted by atomic mass is 31.0. The van der Waals surface area contributed by atoms with Crippen LogP contribution in [0.25, 0.3) is 16.5 Å². The van der Waals surface area contributed by atoms with Crippen molar-refractivity contribution in [3.8, 4) is 0 Å². The Hall–Kier alpha value is -2.16. The first-order valence-electron chi connectivity index (χ1n) is 11.2. The first-order chi connectivity index (χ1) is 15.2. The predicted octanol–water partition coefficient (Wildman–Crippen LogP) is 4.64. The average Bonchev–Trinajstić information content (AvgIpc) is 2.75. The van der Waals surface area contributed by atoms with Crippen LogP contribution in [0.2, 0.25) is 0 Å². The molecule has 0 bridgehead atoms. The number of hydrogen-bond acceptors (Lipinski definition) is 3. The Kier molecular flexibility index (Phi) is 9.94. The summed E-state index contributed by atoms with van der Waals surface area (Å²) in [6, 6.07) is 2.38. The smallest absolute Gasteiger partial charge is 0.130 e. The van der Waals surface area contributed by atoms with E-state index >= 15 is 0 Å². The quantitative estimate of drug-likeness (QED) is 0.347. The zero-order valence-electron chi connectivity index (χ0n) is 20.2. The molecule has 1 aliphatic heterocycles. The van der Waals surface area contributed by atoms with Gasteiger partial charge in [0.25, 0.3) is 0 Å². The van der Waals surface area contributed by atoms with Gasteiger partial charge in [-0.15, -0.1) is 14.7 Å². The first kappa shape index (κ1) is 26.1. The summed E-state index contributed by atoms with van der Waals surface area (Å²) in [5.74, 6) is 0.924. The molecule has 0 saturated carbocycles. The Balaban J connectivity index is 3.02. The molecule has 168 valence electrons. The standard InChI is InChI=1S/C27H36BN2OP/c1-8-10-11-12-13-19(5)27-26(23(32)9-2)22(25(18(3)4)21(7)28)16-24(29-27)30-14-15-31-17-20(30)6/h9-13,16,20H,2-3,8,14-15,17,32H2,1,4-7H3/b11-10+,13-12+,25-21+,26-23+,27-19-. The lowest BCUT2D eigenvalue weighted by Gasteiger charge is -2.34. The van der Waals surface area contributed by atoms with E-state index in [-0.39, 0.29) is 6.04 Å². The molecule has 0 spiro atoms. The van der Waals surface area contributed by atoms with Gasteiger partial charge in [0.2, 0.25) is 0 Å². The molecular formula is C27H36BN2OP. The summed E-state index contributed by atoms with van der Waals surface area (Å²) >= 11 is 0. The van der Waals surface area contributed by atoms with Crippen molar-refractivity contribution >= 4 is 39.4 Å². The maximum absolute atomic E-state index is 6.37. The molecule has 0 aliphatic carbocycles. The van der Waals surface area contributed by atoms with E-state index < -0.39 is 0 Å². The second kappa shape index (κ2) is 12.2. The molecule has 1 fully saturated rings. The van der Waals surface area contributed by atoms with E-state index in [0.717, 1.165) is 62.4 Å². The monoisotopic (exact) mass is 446 g/mol. The molecular weight excluding hydrogens is 410 g/mol. The normalized spacial score (nSPS) is 19.8. The minimum atomic E-state index is 0.237. The minimum Gasteiger partial charge on any atom is -0.377 e. The van der Waals surface area contributed by atoms with Crippen molar-refractivity contribution in [1.82, 2.24) is 4.98 Å². The summed E-state index contributed by atoms with van der Waals surface area (Å²) < 4.78 is 5.66. The van der Waals surface area contributed by atoms with Crippen LogP contribution in [-0.2, 0) is 4.74 Å². The van der Waals surface area contributed by atoms with Crippen LogP contribution < -0.4 is 15.5 Å². The zero-order chi connectivity index (χ0) is 23.8. The van der Waals surface area contributed by atoms with Gasteiger partial charge in [0, 0.05) is 11.8 Å². The molecule has 0 N–H and O–H groups in total. The Morgan fingerprint density at radius 1 is 1.34 bits per heavy atom. The van der Waals surface area contributed by atoms with Gasteiger partial charge in [0.1, 0.15) is 13.7 Å². The van der Waals surface area contributed by atoms with E-state index in [1.54, 1.807) is 0 Å². The lowest BCUT2D eigenvalue weighted by atomic mass is 9.84. The van der Waals surface area contributed by atoms with Crippen molar-refractivity contribution in [2.45, 2.75) is 47.1 Å². The molecule has 1 aromatic rings. The fraction of sp³-hybridized carbons (Fsp3) is 0.370. The number of allylic oxidation sites excluding steroid dienone is 8. The van der Waals surface area contributed by atoms with Crippen molar-refractivity contribution < 1.29 is 4.74 Å². The van der Waals surface area contributed by atoms with Crippen molar-refractivity contribution in [3.05, 3.63) is 76.8 Å². The Labute approximate surface area is 197 Å². The molecule has 2 radical (unpaired) electrons. The van der Waals surface area contributed by atoms with Gasteiger partial charge in [-0.1, -0.05) is 63.0 Å². The topological polar surface area (TPSA) is 25.4 Å². The first-order valence-corrected chi connectivity index (χ1v) is 11.7. The van der Waals surface area contributed by atoms with Crippen molar-refractivity contribution in [3.63, 3.8) is 0 Å². The summed E-state index contributed by atoms with van der Waals surface area (Å²) in [5, 5.41) is 2.90. The number of rotatable bonds is 7. The third kappa shape index (κ3) is 6.21. The number of nitrogens with zero attached hydrogens (tertiary/aromatic N) is 2. The number of pyridine rings is 1. The van der Waals surface area contributed by atoms with E-state index in [9.17, 15) is 0 Å². The third-order valence-electron chi connectivity index (χ3n) is 5.47. The molecule has 1 saturated heterocycles. The van der Waals surface area contributed by atoms with Crippen LogP contribution in [0.15, 0.2) is 60.6 Å². The maximum Gasteiger partial charge on any atom is 0.130 e. The molecule has 2 unspecified atom stereocenters. The van der Waals surface area contributed by atoms with Crippen LogP contribution in [-0.4, -0.2) is 38.6 Å². The van der Waals surface area contributed by atoms with Gasteiger partial charge in [-0.2, -0.15) is 0 Å². The lowest BCUT2D eigenvalue weighted by Crippen LogP contribution is -2.46. The van der Waals surface area contributed by atoms with Crippen LogP contribution >= 0.6 is 9.24 Å². The minimum absolute atomic E-state index is 0.237. The van der Waals surface area contributed by atoms with Crippen LogP contribution in [0.3, 0.4) is 0 Å². The molecule has 0 aromatic carbocycles. The summed E-state index contributed by atoms with van der Waals surface area (Å²) in [6.07, 6.45) is 11.2. The van der Waals surface area contributed by atoms with Crippen molar-refractivity contribution in [1.29, 1.82) is 0 Å². The zero-order valence-corrected chi connectivity index (χ0v) is 21.4. The summed E-state index contributed by atoms with van der Waals surface area (Å²) in [6.45, 7) is 20.7. The van der Waals surface area contributed by atoms with Crippen LogP contribution in [0, 0.1) is 0 Å². The molecule has 3 nitrogen and oxygen atoms in total. The van der Waals surface area contributed by atoms with Crippen molar-refractivity contribution in [2.75, 3.05) is 24.7 Å². The van der Waals surface area contributed by atoms with Gasteiger partial charge in [-0.05, 0) is 55.3 Å². The Bertz CT molecular complexity index is 1080. The third-order valence-corrected chi connectivity index (χ3v) is 5.99. The van der Waals surface area contributed by atoms with Gasteiger partial charge < -0.3 is 9.64 Å². The number of aromatic nitrogens is 1. The van der Waals surface area contributed by atoms with E-state index in [0.29, 0.717) is 13.2 Å². The highest BCUT2D eigenvalue weighted by Gasteiger charge is 2.22. The van der Waals surface area contributed by atoms with E-state index in [1.165, 1.54) is 0 Å². The van der Waals surface area contributed by atoms with Crippen LogP contribution in [0.5, 0.6) is 0 Å². The molecule has 2 rings (SSSR count). The van der Waals surface area contributed by atoms with Gasteiger partial charge in [0.15, 0.2) is 0 Å². The highest BCUT2D eigenvalue weighted by Crippen LogP contribution is 2.26. The van der Waals surface area contributed by atoms with E-state index in [4.69, 9.17) is 17.6 Å². The van der Waals surface area contributed by atoms with Crippen LogP contribution in [0.4, 0.5) is 5.82 Å². The van der Waals surface area contributed by atoms with E-state index in [1.807, 2.05) is 19.9 Å². The molecule has 1 aliphatic rings. The fourth-order valence-electron chi connectivity index (χ4n) is 3.90. The predicted molar refractivity (Wildman–Crippen MR) is 145 cm³/mol. The summed E-state index contributed by atoms with van der Waals surface area (Å²) in [4.78, 5) is 7.47. The number of anilines is 1. The largest absolute Gasteiger partial charge is 0.377 e. The lowest BCUT2D eigenvalue weighted by molar-refractivity contribution is 0.0985. The van der Waals surface area contributed by atoms with Gasteiger partial charge in [-0.25, -0.2) is 4.98 Å². The second-order valence-corrected chi connectivity index (χ2v) is 8.87. The molecule has 1 aromatic heterocycles. The molecule has 0 amide bonds. The van der Waals surface area contributed by atoms with Crippen molar-refractivity contribution in [2.24, 2.45) is 0 Å². The summed E-state index contributed by atoms with van der Waals surface area (Å²) in [7, 11) is 9.18. The average molecular weight is 446 g/mol. The number of hydrogen-bond donors (Lipinski definition) is 0. The van der Waals surface area contributed by atoms with E-state index in [2.05, 4.69) is 78.4 Å². The maximum atomic E-state index is 6.37. The molecule has 2 atom stereocenters. The highest BCUT2D eigenvalue weighted by molar-refractivity contribution is 7.31. The molecule has 32 heavy (non-hydrogen) atoms. The molecule has 5 heteroatoms. The number of ether oxygens (including phenoxy) is 1. The van der Waals surface area contributed by atoms with Gasteiger partial charge >= 0.3 is 0 Å².